The molecule has 2 saturated heterocycles. The van der Waals surface area contributed by atoms with Crippen LogP contribution in [0.2, 0.25) is 0 Å². The first kappa shape index (κ1) is 20.8. The summed E-state index contributed by atoms with van der Waals surface area (Å²) >= 11 is 0. The van der Waals surface area contributed by atoms with Crippen molar-refractivity contribution in [2.45, 2.75) is 31.5 Å². The molecule has 2 fully saturated rings. The minimum absolute atomic E-state index is 0. The third-order valence-corrected chi connectivity index (χ3v) is 3.73. The Morgan fingerprint density at radius 2 is 1.81 bits per heavy atom. The first-order chi connectivity index (χ1) is 9.10. The number of alkyl halides is 2. The summed E-state index contributed by atoms with van der Waals surface area (Å²) in [5.74, 6) is -0.0207. The summed E-state index contributed by atoms with van der Waals surface area (Å²) in [6.45, 7) is 2.23. The maximum absolute atomic E-state index is 12.2. The van der Waals surface area contributed by atoms with Crippen molar-refractivity contribution in [1.82, 2.24) is 9.80 Å². The number of rotatable bonds is 4. The van der Waals surface area contributed by atoms with E-state index >= 15 is 0 Å². The number of nitrogens with zero attached hydrogens (tertiary/aromatic N) is 2. The lowest BCUT2D eigenvalue weighted by Crippen LogP contribution is -2.52. The van der Waals surface area contributed by atoms with Crippen LogP contribution >= 0.6 is 24.8 Å². The van der Waals surface area contributed by atoms with Crippen LogP contribution in [0.3, 0.4) is 0 Å². The van der Waals surface area contributed by atoms with E-state index in [9.17, 15) is 13.6 Å². The standard InChI is InChI=1S/C12H21F2N3O2.2ClH/c13-11(14)8-16-3-5-17(6-4-16)12(18)10-2-1-9(7-15)19-10;;/h9-11H,1-8,15H2;2*1H/t9-,10+;;/m1../s1. The molecule has 2 atom stereocenters. The zero-order valence-electron chi connectivity index (χ0n) is 11.7. The number of ether oxygens (including phenoxy) is 1. The molecule has 1 amide bonds. The number of carbonyl (C=O) groups excluding carboxylic acids is 1. The first-order valence-electron chi connectivity index (χ1n) is 6.75. The molecule has 0 saturated carbocycles. The highest BCUT2D eigenvalue weighted by Crippen LogP contribution is 2.21. The highest BCUT2D eigenvalue weighted by Gasteiger charge is 2.34. The topological polar surface area (TPSA) is 58.8 Å². The Morgan fingerprint density at radius 1 is 1.19 bits per heavy atom. The average Bonchev–Trinajstić information content (AvgIpc) is 2.87. The Morgan fingerprint density at radius 3 is 2.29 bits per heavy atom. The summed E-state index contributed by atoms with van der Waals surface area (Å²) in [7, 11) is 0. The lowest BCUT2D eigenvalue weighted by molar-refractivity contribution is -0.144. The van der Waals surface area contributed by atoms with Crippen LogP contribution in [0.15, 0.2) is 0 Å². The quantitative estimate of drug-likeness (QED) is 0.813. The van der Waals surface area contributed by atoms with Gasteiger partial charge in [-0.15, -0.1) is 24.8 Å². The largest absolute Gasteiger partial charge is 0.364 e. The predicted molar refractivity (Wildman–Crippen MR) is 80.5 cm³/mol. The molecule has 0 aromatic carbocycles. The Balaban J connectivity index is 0.00000200. The minimum atomic E-state index is -2.31. The van der Waals surface area contributed by atoms with Gasteiger partial charge in [0, 0.05) is 32.7 Å². The molecular formula is C12H23Cl2F2N3O2. The molecule has 0 aliphatic carbocycles. The van der Waals surface area contributed by atoms with Crippen LogP contribution in [0.1, 0.15) is 12.8 Å². The van der Waals surface area contributed by atoms with Crippen LogP contribution in [0.25, 0.3) is 0 Å². The summed E-state index contributed by atoms with van der Waals surface area (Å²) in [6.07, 6.45) is -1.20. The fourth-order valence-corrected chi connectivity index (χ4v) is 2.61. The van der Waals surface area contributed by atoms with Crippen molar-refractivity contribution in [2.24, 2.45) is 5.73 Å². The normalized spacial score (nSPS) is 26.4. The number of carbonyl (C=O) groups is 1. The SMILES string of the molecule is Cl.Cl.NC[C@H]1CC[C@@H](C(=O)N2CCN(CC(F)F)CC2)O1. The third kappa shape index (κ3) is 5.83. The van der Waals surface area contributed by atoms with Gasteiger partial charge in [-0.05, 0) is 12.8 Å². The van der Waals surface area contributed by atoms with Gasteiger partial charge in [-0.2, -0.15) is 0 Å². The van der Waals surface area contributed by atoms with Crippen LogP contribution in [0.4, 0.5) is 8.78 Å². The molecule has 0 radical (unpaired) electrons. The van der Waals surface area contributed by atoms with E-state index in [1.54, 1.807) is 9.80 Å². The second-order valence-electron chi connectivity index (χ2n) is 5.08. The van der Waals surface area contributed by atoms with E-state index in [0.717, 1.165) is 6.42 Å². The average molecular weight is 350 g/mol. The van der Waals surface area contributed by atoms with Gasteiger partial charge in [-0.25, -0.2) is 8.78 Å². The van der Waals surface area contributed by atoms with E-state index in [0.29, 0.717) is 39.1 Å². The Bertz CT molecular complexity index is 319. The van der Waals surface area contributed by atoms with Crippen molar-refractivity contribution in [1.29, 1.82) is 0 Å². The Hall–Kier alpha value is -0.210. The molecule has 0 spiro atoms. The number of hydrogen-bond acceptors (Lipinski definition) is 4. The van der Waals surface area contributed by atoms with Crippen molar-refractivity contribution < 1.29 is 18.3 Å². The monoisotopic (exact) mass is 349 g/mol. The molecule has 21 heavy (non-hydrogen) atoms. The summed E-state index contributed by atoms with van der Waals surface area (Å²) in [6, 6.07) is 0. The van der Waals surface area contributed by atoms with Crippen molar-refractivity contribution in [3.05, 3.63) is 0 Å². The lowest BCUT2D eigenvalue weighted by Gasteiger charge is -2.35. The maximum atomic E-state index is 12.2. The zero-order valence-corrected chi connectivity index (χ0v) is 13.4. The van der Waals surface area contributed by atoms with Gasteiger partial charge >= 0.3 is 0 Å². The van der Waals surface area contributed by atoms with Crippen molar-refractivity contribution in [2.75, 3.05) is 39.3 Å². The van der Waals surface area contributed by atoms with Crippen LogP contribution in [-0.4, -0.2) is 73.6 Å². The fourth-order valence-electron chi connectivity index (χ4n) is 2.61. The minimum Gasteiger partial charge on any atom is -0.364 e. The molecular weight excluding hydrogens is 327 g/mol. The van der Waals surface area contributed by atoms with Crippen LogP contribution in [0, 0.1) is 0 Å². The van der Waals surface area contributed by atoms with Crippen LogP contribution < -0.4 is 5.73 Å². The molecule has 0 unspecified atom stereocenters. The number of piperazine rings is 1. The van der Waals surface area contributed by atoms with E-state index < -0.39 is 12.5 Å². The van der Waals surface area contributed by atoms with Crippen molar-refractivity contribution >= 4 is 30.7 Å². The highest BCUT2D eigenvalue weighted by molar-refractivity contribution is 5.85. The molecule has 2 aliphatic heterocycles. The Labute approximate surface area is 136 Å². The second-order valence-corrected chi connectivity index (χ2v) is 5.08. The lowest BCUT2D eigenvalue weighted by atomic mass is 10.1. The molecule has 2 N–H and O–H groups in total. The van der Waals surface area contributed by atoms with Gasteiger partial charge in [0.2, 0.25) is 0 Å². The van der Waals surface area contributed by atoms with Crippen LogP contribution in [-0.2, 0) is 9.53 Å². The van der Waals surface area contributed by atoms with E-state index in [-0.39, 0.29) is 43.4 Å². The van der Waals surface area contributed by atoms with Gasteiger partial charge in [0.1, 0.15) is 6.10 Å². The van der Waals surface area contributed by atoms with E-state index in [4.69, 9.17) is 10.5 Å². The van der Waals surface area contributed by atoms with Crippen LogP contribution in [0.5, 0.6) is 0 Å². The fraction of sp³-hybridized carbons (Fsp3) is 0.917. The summed E-state index contributed by atoms with van der Waals surface area (Å²) < 4.78 is 30.1. The van der Waals surface area contributed by atoms with E-state index in [1.165, 1.54) is 0 Å². The predicted octanol–water partition coefficient (Wildman–Crippen LogP) is 0.746. The van der Waals surface area contributed by atoms with Gasteiger partial charge < -0.3 is 15.4 Å². The molecule has 126 valence electrons. The number of nitrogens with two attached hydrogens (primary N) is 1. The van der Waals surface area contributed by atoms with Crippen molar-refractivity contribution in [3.63, 3.8) is 0 Å². The van der Waals surface area contributed by atoms with Gasteiger partial charge in [-0.1, -0.05) is 0 Å². The second kappa shape index (κ2) is 9.74. The smallest absolute Gasteiger partial charge is 0.251 e. The number of hydrogen-bond donors (Lipinski definition) is 1. The Kier molecular flexibility index (Phi) is 9.64. The molecule has 9 heteroatoms. The number of halogens is 4. The van der Waals surface area contributed by atoms with Gasteiger partial charge in [0.05, 0.1) is 12.6 Å². The molecule has 2 aliphatic rings. The summed E-state index contributed by atoms with van der Waals surface area (Å²) in [5.41, 5.74) is 5.51. The molecule has 0 aromatic rings. The number of amides is 1. The summed E-state index contributed by atoms with van der Waals surface area (Å²) in [4.78, 5) is 15.6. The molecule has 2 rings (SSSR count). The molecule has 0 aromatic heterocycles. The van der Waals surface area contributed by atoms with Gasteiger partial charge in [0.15, 0.2) is 0 Å². The molecule has 5 nitrogen and oxygen atoms in total. The van der Waals surface area contributed by atoms with Gasteiger partial charge in [0.25, 0.3) is 12.3 Å². The van der Waals surface area contributed by atoms with Crippen molar-refractivity contribution in [3.8, 4) is 0 Å². The van der Waals surface area contributed by atoms with E-state index in [1.807, 2.05) is 0 Å². The zero-order chi connectivity index (χ0) is 13.8. The van der Waals surface area contributed by atoms with Gasteiger partial charge in [-0.3, -0.25) is 9.69 Å². The van der Waals surface area contributed by atoms with E-state index in [2.05, 4.69) is 0 Å². The molecule has 0 bridgehead atoms. The first-order valence-corrected chi connectivity index (χ1v) is 6.75. The molecule has 2 heterocycles. The highest BCUT2D eigenvalue weighted by atomic mass is 35.5. The maximum Gasteiger partial charge on any atom is 0.251 e. The summed E-state index contributed by atoms with van der Waals surface area (Å²) in [5, 5.41) is 0. The third-order valence-electron chi connectivity index (χ3n) is 3.73.